The maximum absolute atomic E-state index is 12.5. The summed E-state index contributed by atoms with van der Waals surface area (Å²) in [5.41, 5.74) is -0.229. The summed E-state index contributed by atoms with van der Waals surface area (Å²) < 4.78 is 17.3. The third-order valence-corrected chi connectivity index (χ3v) is 3.46. The molecular weight excluding hydrogens is 322 g/mol. The molecule has 2 aromatic rings. The third kappa shape index (κ3) is 5.60. The van der Waals surface area contributed by atoms with Crippen LogP contribution in [0.4, 0.5) is 0 Å². The number of esters is 1. The summed E-state index contributed by atoms with van der Waals surface area (Å²) >= 11 is 0. The predicted molar refractivity (Wildman–Crippen MR) is 96.0 cm³/mol. The number of hydrogen-bond acceptors (Lipinski definition) is 5. The van der Waals surface area contributed by atoms with Gasteiger partial charge in [0, 0.05) is 18.2 Å². The number of pyridine rings is 1. The minimum Gasteiger partial charge on any atom is -0.491 e. The van der Waals surface area contributed by atoms with Crippen molar-refractivity contribution in [2.45, 2.75) is 39.8 Å². The van der Waals surface area contributed by atoms with Crippen molar-refractivity contribution < 1.29 is 19.0 Å². The Morgan fingerprint density at radius 2 is 1.96 bits per heavy atom. The molecule has 1 aromatic carbocycles. The minimum absolute atomic E-state index is 0.0638. The van der Waals surface area contributed by atoms with Crippen LogP contribution in [0, 0.1) is 0 Å². The lowest BCUT2D eigenvalue weighted by molar-refractivity contribution is -0.145. The van der Waals surface area contributed by atoms with E-state index in [1.165, 1.54) is 4.57 Å². The standard InChI is InChI=1S/C19H25NO5/c1-4-9-23-10-11-24-18(21)13-20-8-7-15-12-16(25-14(2)3)5-6-17(15)19(20)22/h5-8,12,14H,4,9-11,13H2,1-3H3. The Morgan fingerprint density at radius 1 is 1.16 bits per heavy atom. The van der Waals surface area contributed by atoms with Gasteiger partial charge in [0.1, 0.15) is 18.9 Å². The highest BCUT2D eigenvalue weighted by atomic mass is 16.6. The number of hydrogen-bond donors (Lipinski definition) is 0. The molecule has 0 N–H and O–H groups in total. The molecule has 6 nitrogen and oxygen atoms in total. The number of carbonyl (C=O) groups is 1. The summed E-state index contributed by atoms with van der Waals surface area (Å²) in [6, 6.07) is 7.10. The molecule has 0 spiro atoms. The number of ether oxygens (including phenoxy) is 3. The number of benzene rings is 1. The van der Waals surface area contributed by atoms with Crippen LogP contribution in [0.2, 0.25) is 0 Å². The molecule has 0 atom stereocenters. The Kier molecular flexibility index (Phi) is 7.01. The lowest BCUT2D eigenvalue weighted by Crippen LogP contribution is -2.25. The molecule has 0 fully saturated rings. The zero-order chi connectivity index (χ0) is 18.2. The van der Waals surface area contributed by atoms with Crippen LogP contribution in [0.1, 0.15) is 27.2 Å². The van der Waals surface area contributed by atoms with Crippen molar-refractivity contribution in [3.8, 4) is 5.75 Å². The van der Waals surface area contributed by atoms with Gasteiger partial charge in [-0.15, -0.1) is 0 Å². The number of carbonyl (C=O) groups excluding carboxylic acids is 1. The van der Waals surface area contributed by atoms with Crippen molar-refractivity contribution in [2.24, 2.45) is 0 Å². The first-order chi connectivity index (χ1) is 12.0. The van der Waals surface area contributed by atoms with E-state index in [-0.39, 0.29) is 24.8 Å². The van der Waals surface area contributed by atoms with Crippen LogP contribution >= 0.6 is 0 Å². The summed E-state index contributed by atoms with van der Waals surface area (Å²) in [5, 5.41) is 1.32. The Balaban J connectivity index is 2.03. The monoisotopic (exact) mass is 347 g/mol. The highest BCUT2D eigenvalue weighted by Gasteiger charge is 2.09. The molecule has 2 rings (SSSR count). The summed E-state index contributed by atoms with van der Waals surface area (Å²) in [5.74, 6) is 0.257. The Hall–Kier alpha value is -2.34. The molecule has 1 heterocycles. The van der Waals surface area contributed by atoms with Crippen molar-refractivity contribution in [3.63, 3.8) is 0 Å². The average Bonchev–Trinajstić information content (AvgIpc) is 2.57. The van der Waals surface area contributed by atoms with E-state index in [2.05, 4.69) is 0 Å². The molecule has 0 saturated carbocycles. The van der Waals surface area contributed by atoms with E-state index < -0.39 is 5.97 Å². The smallest absolute Gasteiger partial charge is 0.326 e. The maximum atomic E-state index is 12.5. The zero-order valence-electron chi connectivity index (χ0n) is 15.0. The number of rotatable bonds is 9. The third-order valence-electron chi connectivity index (χ3n) is 3.46. The fraction of sp³-hybridized carbons (Fsp3) is 0.474. The van der Waals surface area contributed by atoms with Gasteiger partial charge in [0.15, 0.2) is 0 Å². The quantitative estimate of drug-likeness (QED) is 0.515. The molecule has 6 heteroatoms. The lowest BCUT2D eigenvalue weighted by atomic mass is 10.1. The van der Waals surface area contributed by atoms with Crippen LogP contribution in [0.25, 0.3) is 10.8 Å². The Labute approximate surface area is 147 Å². The van der Waals surface area contributed by atoms with E-state index in [0.29, 0.717) is 24.3 Å². The fourth-order valence-corrected chi connectivity index (χ4v) is 2.38. The van der Waals surface area contributed by atoms with Crippen LogP contribution in [0.5, 0.6) is 5.75 Å². The van der Waals surface area contributed by atoms with Crippen LogP contribution in [-0.2, 0) is 20.8 Å². The van der Waals surface area contributed by atoms with Gasteiger partial charge in [0.25, 0.3) is 5.56 Å². The van der Waals surface area contributed by atoms with Crippen molar-refractivity contribution in [2.75, 3.05) is 19.8 Å². The van der Waals surface area contributed by atoms with Crippen molar-refractivity contribution in [1.82, 2.24) is 4.57 Å². The van der Waals surface area contributed by atoms with Gasteiger partial charge in [0.05, 0.1) is 12.7 Å². The molecule has 0 unspecified atom stereocenters. The van der Waals surface area contributed by atoms with Gasteiger partial charge in [-0.2, -0.15) is 0 Å². The van der Waals surface area contributed by atoms with Crippen molar-refractivity contribution in [3.05, 3.63) is 40.8 Å². The molecule has 136 valence electrons. The molecule has 0 bridgehead atoms. The first kappa shape index (κ1) is 19.0. The Morgan fingerprint density at radius 3 is 2.68 bits per heavy atom. The lowest BCUT2D eigenvalue weighted by Gasteiger charge is -2.11. The highest BCUT2D eigenvalue weighted by Crippen LogP contribution is 2.19. The number of nitrogens with zero attached hydrogens (tertiary/aromatic N) is 1. The summed E-state index contributed by atoms with van der Waals surface area (Å²) in [6.45, 7) is 6.98. The van der Waals surface area contributed by atoms with Crippen molar-refractivity contribution >= 4 is 16.7 Å². The molecule has 1 aromatic heterocycles. The summed E-state index contributed by atoms with van der Waals surface area (Å²) in [4.78, 5) is 24.4. The second kappa shape index (κ2) is 9.22. The molecule has 0 aliphatic heterocycles. The largest absolute Gasteiger partial charge is 0.491 e. The van der Waals surface area contributed by atoms with Crippen LogP contribution in [0.3, 0.4) is 0 Å². The van der Waals surface area contributed by atoms with Crippen LogP contribution < -0.4 is 10.3 Å². The van der Waals surface area contributed by atoms with Crippen LogP contribution in [-0.4, -0.2) is 36.5 Å². The first-order valence-corrected chi connectivity index (χ1v) is 8.54. The fourth-order valence-electron chi connectivity index (χ4n) is 2.38. The zero-order valence-corrected chi connectivity index (χ0v) is 15.0. The van der Waals surface area contributed by atoms with E-state index >= 15 is 0 Å². The van der Waals surface area contributed by atoms with E-state index in [9.17, 15) is 9.59 Å². The Bertz CT molecular complexity index is 766. The SMILES string of the molecule is CCCOCCOC(=O)Cn1ccc2cc(OC(C)C)ccc2c1=O. The van der Waals surface area contributed by atoms with Gasteiger partial charge in [-0.1, -0.05) is 6.92 Å². The van der Waals surface area contributed by atoms with E-state index in [1.807, 2.05) is 26.8 Å². The van der Waals surface area contributed by atoms with Gasteiger partial charge >= 0.3 is 5.97 Å². The minimum atomic E-state index is -0.457. The first-order valence-electron chi connectivity index (χ1n) is 8.54. The molecule has 0 aliphatic carbocycles. The maximum Gasteiger partial charge on any atom is 0.326 e. The summed E-state index contributed by atoms with van der Waals surface area (Å²) in [7, 11) is 0. The van der Waals surface area contributed by atoms with E-state index in [0.717, 1.165) is 11.8 Å². The average molecular weight is 347 g/mol. The van der Waals surface area contributed by atoms with Gasteiger partial charge in [-0.3, -0.25) is 9.59 Å². The molecular formula is C19H25NO5. The van der Waals surface area contributed by atoms with Gasteiger partial charge in [-0.25, -0.2) is 0 Å². The van der Waals surface area contributed by atoms with Gasteiger partial charge in [-0.05, 0) is 49.9 Å². The molecule has 0 radical (unpaired) electrons. The van der Waals surface area contributed by atoms with Gasteiger partial charge in [0.2, 0.25) is 0 Å². The highest BCUT2D eigenvalue weighted by molar-refractivity contribution is 5.83. The molecule has 0 saturated heterocycles. The topological polar surface area (TPSA) is 66.8 Å². The molecule has 0 aliphatic rings. The normalized spacial score (nSPS) is 11.0. The molecule has 0 amide bonds. The predicted octanol–water partition coefficient (Wildman–Crippen LogP) is 2.76. The van der Waals surface area contributed by atoms with Crippen LogP contribution in [0.15, 0.2) is 35.3 Å². The van der Waals surface area contributed by atoms with Gasteiger partial charge < -0.3 is 18.8 Å². The summed E-state index contributed by atoms with van der Waals surface area (Å²) in [6.07, 6.45) is 2.58. The number of aromatic nitrogens is 1. The van der Waals surface area contributed by atoms with Crippen molar-refractivity contribution in [1.29, 1.82) is 0 Å². The number of fused-ring (bicyclic) bond motifs is 1. The molecule has 25 heavy (non-hydrogen) atoms. The second-order valence-corrected chi connectivity index (χ2v) is 6.00. The second-order valence-electron chi connectivity index (χ2n) is 6.00. The van der Waals surface area contributed by atoms with E-state index in [4.69, 9.17) is 14.2 Å². The van der Waals surface area contributed by atoms with E-state index in [1.54, 1.807) is 24.4 Å².